The lowest BCUT2D eigenvalue weighted by Crippen LogP contribution is -2.10. The molecule has 0 bridgehead atoms. The first-order valence-electron chi connectivity index (χ1n) is 5.78. The summed E-state index contributed by atoms with van der Waals surface area (Å²) in [5.74, 6) is -3.01. The van der Waals surface area contributed by atoms with E-state index >= 15 is 0 Å². The van der Waals surface area contributed by atoms with Crippen LogP contribution in [-0.2, 0) is 4.74 Å². The van der Waals surface area contributed by atoms with E-state index in [0.29, 0.717) is 6.29 Å². The van der Waals surface area contributed by atoms with E-state index in [1.54, 1.807) is 0 Å². The summed E-state index contributed by atoms with van der Waals surface area (Å²) in [6.07, 6.45) is 0.475. The number of hydrogen-bond donors (Lipinski definition) is 0. The molecule has 0 aliphatic heterocycles. The first kappa shape index (κ1) is 13.9. The van der Waals surface area contributed by atoms with Crippen LogP contribution in [0, 0.1) is 11.6 Å². The van der Waals surface area contributed by atoms with Crippen molar-refractivity contribution in [3.8, 4) is 11.3 Å². The van der Waals surface area contributed by atoms with Gasteiger partial charge in [-0.05, 0) is 31.2 Å². The van der Waals surface area contributed by atoms with Gasteiger partial charge >= 0.3 is 5.97 Å². The van der Waals surface area contributed by atoms with Crippen molar-refractivity contribution in [3.63, 3.8) is 0 Å². The maximum Gasteiger partial charge on any atom is 0.344 e. The Labute approximate surface area is 113 Å². The van der Waals surface area contributed by atoms with Gasteiger partial charge in [0.2, 0.25) is 0 Å². The highest BCUT2D eigenvalue weighted by atomic mass is 19.1. The molecule has 104 valence electrons. The molecule has 0 atom stereocenters. The molecule has 0 amide bonds. The minimum Gasteiger partial charge on any atom is -0.462 e. The minimum atomic E-state index is -1.07. The predicted molar refractivity (Wildman–Crippen MR) is 65.4 cm³/mol. The second-order valence-electron chi connectivity index (χ2n) is 3.86. The quantitative estimate of drug-likeness (QED) is 0.637. The summed E-state index contributed by atoms with van der Waals surface area (Å²) in [5.41, 5.74) is -0.668. The van der Waals surface area contributed by atoms with Crippen molar-refractivity contribution in [2.75, 3.05) is 6.61 Å². The van der Waals surface area contributed by atoms with Crippen molar-refractivity contribution in [2.24, 2.45) is 0 Å². The Morgan fingerprint density at radius 3 is 2.45 bits per heavy atom. The van der Waals surface area contributed by atoms with Crippen LogP contribution in [0.2, 0.25) is 0 Å². The second kappa shape index (κ2) is 5.64. The SMILES string of the molecule is CCOC(=O)c1c(F)cc(-c2ccc(C=O)o2)cc1F. The Kier molecular flexibility index (Phi) is 3.93. The molecule has 0 unspecified atom stereocenters. The van der Waals surface area contributed by atoms with Crippen LogP contribution in [0.15, 0.2) is 28.7 Å². The number of ether oxygens (including phenoxy) is 1. The Bertz CT molecular complexity index is 638. The number of hydrogen-bond acceptors (Lipinski definition) is 4. The van der Waals surface area contributed by atoms with Crippen LogP contribution >= 0.6 is 0 Å². The van der Waals surface area contributed by atoms with Crippen molar-refractivity contribution in [3.05, 3.63) is 47.2 Å². The summed E-state index contributed by atoms with van der Waals surface area (Å²) in [5, 5.41) is 0. The fourth-order valence-electron chi connectivity index (χ4n) is 1.68. The number of rotatable bonds is 4. The average molecular weight is 280 g/mol. The molecule has 2 rings (SSSR count). The van der Waals surface area contributed by atoms with Crippen molar-refractivity contribution in [2.45, 2.75) is 6.92 Å². The summed E-state index contributed by atoms with van der Waals surface area (Å²) in [4.78, 5) is 21.9. The third-order valence-corrected chi connectivity index (χ3v) is 2.55. The smallest absolute Gasteiger partial charge is 0.344 e. The molecule has 0 fully saturated rings. The van der Waals surface area contributed by atoms with Gasteiger partial charge in [-0.1, -0.05) is 0 Å². The molecular weight excluding hydrogens is 270 g/mol. The average Bonchev–Trinajstić information content (AvgIpc) is 2.86. The van der Waals surface area contributed by atoms with Crippen LogP contribution < -0.4 is 0 Å². The van der Waals surface area contributed by atoms with Crippen LogP contribution in [0.25, 0.3) is 11.3 Å². The molecule has 20 heavy (non-hydrogen) atoms. The number of benzene rings is 1. The van der Waals surface area contributed by atoms with Crippen LogP contribution in [0.1, 0.15) is 27.8 Å². The summed E-state index contributed by atoms with van der Waals surface area (Å²) >= 11 is 0. The maximum atomic E-state index is 13.8. The van der Waals surface area contributed by atoms with E-state index in [9.17, 15) is 18.4 Å². The molecule has 0 radical (unpaired) electrons. The summed E-state index contributed by atoms with van der Waals surface area (Å²) in [6.45, 7) is 1.55. The molecule has 4 nitrogen and oxygen atoms in total. The lowest BCUT2D eigenvalue weighted by Gasteiger charge is -2.06. The highest BCUT2D eigenvalue weighted by Crippen LogP contribution is 2.26. The fourth-order valence-corrected chi connectivity index (χ4v) is 1.68. The van der Waals surface area contributed by atoms with Crippen LogP contribution in [-0.4, -0.2) is 18.9 Å². The van der Waals surface area contributed by atoms with Gasteiger partial charge in [0.25, 0.3) is 0 Å². The standard InChI is InChI=1S/C14H10F2O4/c1-2-19-14(18)13-10(15)5-8(6-11(13)16)12-4-3-9(7-17)20-12/h3-7H,2H2,1H3. The topological polar surface area (TPSA) is 56.5 Å². The largest absolute Gasteiger partial charge is 0.462 e. The monoisotopic (exact) mass is 280 g/mol. The van der Waals surface area contributed by atoms with Crippen molar-refractivity contribution >= 4 is 12.3 Å². The number of halogens is 2. The van der Waals surface area contributed by atoms with Gasteiger partial charge in [-0.2, -0.15) is 0 Å². The van der Waals surface area contributed by atoms with Crippen LogP contribution in [0.3, 0.4) is 0 Å². The fraction of sp³-hybridized carbons (Fsp3) is 0.143. The maximum absolute atomic E-state index is 13.8. The zero-order chi connectivity index (χ0) is 14.7. The van der Waals surface area contributed by atoms with E-state index in [-0.39, 0.29) is 23.7 Å². The predicted octanol–water partition coefficient (Wildman–Crippen LogP) is 3.21. The molecule has 1 aromatic heterocycles. The lowest BCUT2D eigenvalue weighted by molar-refractivity contribution is 0.0515. The summed E-state index contributed by atoms with van der Waals surface area (Å²) in [6, 6.07) is 4.67. The van der Waals surface area contributed by atoms with Gasteiger partial charge < -0.3 is 9.15 Å². The zero-order valence-corrected chi connectivity index (χ0v) is 10.5. The molecule has 0 aliphatic carbocycles. The van der Waals surface area contributed by atoms with E-state index < -0.39 is 23.2 Å². The third kappa shape index (κ3) is 2.59. The molecule has 0 spiro atoms. The molecule has 1 aromatic carbocycles. The van der Waals surface area contributed by atoms with Gasteiger partial charge in [0.1, 0.15) is 23.0 Å². The minimum absolute atomic E-state index is 0.0142. The number of carbonyl (C=O) groups is 2. The molecule has 2 aromatic rings. The first-order chi connectivity index (χ1) is 9.56. The Morgan fingerprint density at radius 2 is 1.95 bits per heavy atom. The highest BCUT2D eigenvalue weighted by Gasteiger charge is 2.21. The second-order valence-corrected chi connectivity index (χ2v) is 3.86. The van der Waals surface area contributed by atoms with Gasteiger partial charge in [-0.3, -0.25) is 4.79 Å². The van der Waals surface area contributed by atoms with Crippen LogP contribution in [0.4, 0.5) is 8.78 Å². The van der Waals surface area contributed by atoms with E-state index in [4.69, 9.17) is 4.42 Å². The van der Waals surface area contributed by atoms with Gasteiger partial charge in [0.05, 0.1) is 6.61 Å². The van der Waals surface area contributed by atoms with Crippen molar-refractivity contribution < 1.29 is 27.5 Å². The molecule has 0 N–H and O–H groups in total. The third-order valence-electron chi connectivity index (χ3n) is 2.55. The van der Waals surface area contributed by atoms with E-state index in [0.717, 1.165) is 12.1 Å². The molecule has 0 saturated heterocycles. The van der Waals surface area contributed by atoms with Crippen molar-refractivity contribution in [1.82, 2.24) is 0 Å². The lowest BCUT2D eigenvalue weighted by atomic mass is 10.1. The molecular formula is C14H10F2O4. The van der Waals surface area contributed by atoms with Crippen molar-refractivity contribution in [1.29, 1.82) is 0 Å². The normalized spacial score (nSPS) is 10.3. The molecule has 1 heterocycles. The number of esters is 1. The zero-order valence-electron chi connectivity index (χ0n) is 10.5. The van der Waals surface area contributed by atoms with Gasteiger partial charge in [0, 0.05) is 5.56 Å². The van der Waals surface area contributed by atoms with Crippen LogP contribution in [0.5, 0.6) is 0 Å². The Morgan fingerprint density at radius 1 is 1.30 bits per heavy atom. The highest BCUT2D eigenvalue weighted by molar-refractivity contribution is 5.90. The molecule has 6 heteroatoms. The number of furan rings is 1. The van der Waals surface area contributed by atoms with E-state index in [1.807, 2.05) is 0 Å². The molecule has 0 aliphatic rings. The first-order valence-corrected chi connectivity index (χ1v) is 5.78. The summed E-state index contributed by atoms with van der Waals surface area (Å²) < 4.78 is 37.2. The number of carbonyl (C=O) groups excluding carboxylic acids is 2. The Hall–Kier alpha value is -2.50. The van der Waals surface area contributed by atoms with Gasteiger partial charge in [-0.15, -0.1) is 0 Å². The summed E-state index contributed by atoms with van der Waals surface area (Å²) in [7, 11) is 0. The van der Waals surface area contributed by atoms with E-state index in [1.165, 1.54) is 19.1 Å². The molecule has 0 saturated carbocycles. The van der Waals surface area contributed by atoms with Gasteiger partial charge in [-0.25, -0.2) is 13.6 Å². The Balaban J connectivity index is 2.44. The van der Waals surface area contributed by atoms with E-state index in [2.05, 4.69) is 4.74 Å². The van der Waals surface area contributed by atoms with Gasteiger partial charge in [0.15, 0.2) is 12.0 Å². The number of aldehydes is 1.